The Morgan fingerprint density at radius 1 is 0.283 bits per heavy atom. The van der Waals surface area contributed by atoms with Crippen LogP contribution in [0.25, 0.3) is 0 Å². The minimum absolute atomic E-state index is 0.0606. The van der Waals surface area contributed by atoms with Crippen molar-refractivity contribution in [2.24, 2.45) is 0 Å². The van der Waals surface area contributed by atoms with Crippen molar-refractivity contribution in [3.8, 4) is 0 Å². The molecule has 0 bridgehead atoms. The summed E-state index contributed by atoms with van der Waals surface area (Å²) in [6.07, 6.45) is 94.4. The van der Waals surface area contributed by atoms with Gasteiger partial charge in [-0.1, -0.05) is 273 Å². The third-order valence-corrected chi connectivity index (χ3v) is 17.5. The van der Waals surface area contributed by atoms with E-state index in [4.69, 9.17) is 37.0 Å². The van der Waals surface area contributed by atoms with Gasteiger partial charge in [-0.15, -0.1) is 0 Å². The molecule has 0 fully saturated rings. The second-order valence-corrected chi connectivity index (χ2v) is 28.4. The van der Waals surface area contributed by atoms with E-state index in [-0.39, 0.29) is 25.7 Å². The molecule has 5 unspecified atom stereocenters. The van der Waals surface area contributed by atoms with Crippen LogP contribution in [-0.2, 0) is 65.4 Å². The summed E-state index contributed by atoms with van der Waals surface area (Å²) >= 11 is 0. The quantitative estimate of drug-likeness (QED) is 0.0169. The maximum absolute atomic E-state index is 13.1. The highest BCUT2D eigenvalue weighted by Crippen LogP contribution is 2.45. The van der Waals surface area contributed by atoms with E-state index in [0.717, 1.165) is 173 Å². The van der Waals surface area contributed by atoms with Crippen molar-refractivity contribution in [3.63, 3.8) is 0 Å². The lowest BCUT2D eigenvalue weighted by Gasteiger charge is -2.21. The number of carbonyl (C=O) groups is 4. The summed E-state index contributed by atoms with van der Waals surface area (Å²) in [5.41, 5.74) is 0. The maximum Gasteiger partial charge on any atom is 0.472 e. The third kappa shape index (κ3) is 76.1. The predicted molar refractivity (Wildman–Crippen MR) is 436 cm³/mol. The first kappa shape index (κ1) is 99.9. The summed E-state index contributed by atoms with van der Waals surface area (Å²) in [7, 11) is -10.0. The van der Waals surface area contributed by atoms with Crippen LogP contribution in [0.4, 0.5) is 0 Å². The van der Waals surface area contributed by atoms with Crippen LogP contribution in [0.15, 0.2) is 194 Å². The Hall–Kier alpha value is -6.10. The zero-order chi connectivity index (χ0) is 77.4. The number of aliphatic hydroxyl groups excluding tert-OH is 1. The van der Waals surface area contributed by atoms with E-state index in [0.29, 0.717) is 25.7 Å². The number of carbonyl (C=O) groups excluding carboxylic acids is 4. The van der Waals surface area contributed by atoms with Crippen LogP contribution in [0, 0.1) is 0 Å². The van der Waals surface area contributed by atoms with Crippen LogP contribution in [0.3, 0.4) is 0 Å². The van der Waals surface area contributed by atoms with E-state index in [1.54, 1.807) is 12.2 Å². The third-order valence-electron chi connectivity index (χ3n) is 15.6. The number of phosphoric ester groups is 2. The van der Waals surface area contributed by atoms with Crippen LogP contribution in [0.5, 0.6) is 0 Å². The van der Waals surface area contributed by atoms with Crippen molar-refractivity contribution in [2.45, 2.75) is 290 Å². The van der Waals surface area contributed by atoms with Crippen molar-refractivity contribution in [1.82, 2.24) is 0 Å². The highest BCUT2D eigenvalue weighted by Gasteiger charge is 2.30. The van der Waals surface area contributed by atoms with E-state index >= 15 is 0 Å². The topological polar surface area (TPSA) is 237 Å². The number of ether oxygens (including phenoxy) is 4. The fraction of sp³-hybridized carbons (Fsp3) is 0.586. The van der Waals surface area contributed by atoms with Gasteiger partial charge >= 0.3 is 39.5 Å². The van der Waals surface area contributed by atoms with Gasteiger partial charge in [0.1, 0.15) is 19.3 Å². The van der Waals surface area contributed by atoms with Crippen molar-refractivity contribution in [2.75, 3.05) is 39.6 Å². The smallest absolute Gasteiger partial charge is 0.462 e. The SMILES string of the molecule is CC/C=C\C/C=C\C/C=C\C/C=C\C/C=C\CCCCCC(=O)OCC(COP(=O)(O)OCC(O)COP(=O)(O)OCC(COC(=O)CCCCCC/C=C\C/C=C\C/C=C\C/C=C\CC)OC(=O)C/C=C\C/C=C\C/C=C\C/C=C\C/C=C\CC)OC(=O)CCCCCCC/C=C\C/C=C\CCCCC. The summed E-state index contributed by atoms with van der Waals surface area (Å²) in [6.45, 7) is 4.28. The Morgan fingerprint density at radius 2 is 0.528 bits per heavy atom. The van der Waals surface area contributed by atoms with Crippen LogP contribution < -0.4 is 0 Å². The van der Waals surface area contributed by atoms with E-state index in [1.807, 2.05) is 12.2 Å². The van der Waals surface area contributed by atoms with Gasteiger partial charge < -0.3 is 33.8 Å². The molecule has 0 saturated carbocycles. The lowest BCUT2D eigenvalue weighted by atomic mass is 10.1. The molecule has 0 aromatic rings. The Morgan fingerprint density at radius 3 is 0.849 bits per heavy atom. The molecule has 106 heavy (non-hydrogen) atoms. The zero-order valence-electron chi connectivity index (χ0n) is 65.3. The molecule has 0 heterocycles. The molecule has 598 valence electrons. The predicted octanol–water partition coefficient (Wildman–Crippen LogP) is 23.3. The Balaban J connectivity index is 5.51. The van der Waals surface area contributed by atoms with Crippen LogP contribution in [0.1, 0.15) is 272 Å². The van der Waals surface area contributed by atoms with Gasteiger partial charge in [-0.25, -0.2) is 9.13 Å². The number of rotatable bonds is 72. The number of hydrogen-bond donors (Lipinski definition) is 3. The van der Waals surface area contributed by atoms with Gasteiger partial charge in [-0.05, 0) is 167 Å². The molecule has 0 amide bonds. The van der Waals surface area contributed by atoms with Gasteiger partial charge in [-0.2, -0.15) is 0 Å². The lowest BCUT2D eigenvalue weighted by Crippen LogP contribution is -2.30. The fourth-order valence-corrected chi connectivity index (χ4v) is 11.2. The van der Waals surface area contributed by atoms with Crippen molar-refractivity contribution < 1.29 is 80.2 Å². The molecule has 0 rings (SSSR count). The largest absolute Gasteiger partial charge is 0.472 e. The molecule has 0 saturated heterocycles. The highest BCUT2D eigenvalue weighted by molar-refractivity contribution is 7.47. The molecule has 19 heteroatoms. The van der Waals surface area contributed by atoms with Crippen LogP contribution in [0.2, 0.25) is 0 Å². The number of esters is 4. The van der Waals surface area contributed by atoms with Gasteiger partial charge in [0.25, 0.3) is 0 Å². The number of allylic oxidation sites excluding steroid dienone is 31. The van der Waals surface area contributed by atoms with Crippen LogP contribution >= 0.6 is 15.6 Å². The lowest BCUT2D eigenvalue weighted by molar-refractivity contribution is -0.161. The first-order valence-electron chi connectivity index (χ1n) is 39.7. The van der Waals surface area contributed by atoms with E-state index in [9.17, 15) is 43.2 Å². The van der Waals surface area contributed by atoms with Gasteiger partial charge in [-0.3, -0.25) is 37.3 Å². The average molecular weight is 1520 g/mol. The molecular weight excluding hydrogens is 1380 g/mol. The molecule has 3 N–H and O–H groups in total. The monoisotopic (exact) mass is 1520 g/mol. The number of unbranched alkanes of at least 4 members (excludes halogenated alkanes) is 15. The molecule has 0 aromatic carbocycles. The first-order valence-corrected chi connectivity index (χ1v) is 42.7. The van der Waals surface area contributed by atoms with Gasteiger partial charge in [0.15, 0.2) is 12.2 Å². The molecule has 0 radical (unpaired) electrons. The minimum Gasteiger partial charge on any atom is -0.462 e. The molecule has 0 spiro atoms. The maximum atomic E-state index is 13.1. The number of phosphoric acid groups is 2. The standard InChI is InChI=1S/C87H138O17P2/c1-5-9-13-17-21-25-29-33-37-39-40-42-46-48-52-56-60-64-68-72-85(90)98-78-83(104-87(92)74-70-66-62-58-54-50-44-36-32-28-24-20-16-12-8-4)80-102-106(95,96)100-76-81(88)75-99-105(93,94)101-79-82(103-86(91)73-69-65-61-57-53-49-43-35-31-27-23-19-15-11-7-3)77-97-84(89)71-67-63-59-55-51-47-45-41-38-34-30-26-22-18-14-10-6-2/h9-11,13-15,21-28,33-38,40,42-45,47-48,52-53,57,65,69,81-83,88H,5-8,12,16-20,29-32,39,41,46,49-51,54-56,58-64,66-68,70-80H2,1-4H3,(H,93,94)(H,95,96)/b13-9-,14-10-,15-11-,25-21-,26-22-,27-23-,28-24-,37-33-,38-34-,42-40-,43-35-,44-36-,47-45-,52-48-,57-53-,69-65-. The Bertz CT molecular complexity index is 2780. The van der Waals surface area contributed by atoms with Crippen molar-refractivity contribution in [1.29, 1.82) is 0 Å². The second kappa shape index (κ2) is 77.1. The van der Waals surface area contributed by atoms with E-state index in [1.165, 1.54) is 19.3 Å². The zero-order valence-corrected chi connectivity index (χ0v) is 67.1. The molecule has 17 nitrogen and oxygen atoms in total. The number of aliphatic hydroxyl groups is 1. The average Bonchev–Trinajstić information content (AvgIpc) is 0.909. The molecular formula is C87H138O17P2. The molecule has 0 aromatic heterocycles. The summed E-state index contributed by atoms with van der Waals surface area (Å²) in [5.74, 6) is -2.42. The molecule has 0 aliphatic heterocycles. The van der Waals surface area contributed by atoms with Crippen molar-refractivity contribution in [3.05, 3.63) is 194 Å². The van der Waals surface area contributed by atoms with Crippen LogP contribution in [-0.4, -0.2) is 96.7 Å². The van der Waals surface area contributed by atoms with E-state index in [2.05, 4.69) is 198 Å². The normalized spacial score (nSPS) is 14.9. The summed E-state index contributed by atoms with van der Waals surface area (Å²) in [5, 5.41) is 10.6. The molecule has 0 aliphatic carbocycles. The second-order valence-electron chi connectivity index (χ2n) is 25.5. The molecule has 5 atom stereocenters. The number of hydrogen-bond acceptors (Lipinski definition) is 15. The Labute approximate surface area is 640 Å². The van der Waals surface area contributed by atoms with E-state index < -0.39 is 97.5 Å². The summed E-state index contributed by atoms with van der Waals surface area (Å²) in [6, 6.07) is 0. The van der Waals surface area contributed by atoms with Crippen molar-refractivity contribution >= 4 is 39.5 Å². The highest BCUT2D eigenvalue weighted by atomic mass is 31.2. The molecule has 0 aliphatic rings. The van der Waals surface area contributed by atoms with Gasteiger partial charge in [0, 0.05) is 19.3 Å². The minimum atomic E-state index is -5.02. The Kier molecular flexibility index (Phi) is 72.6. The van der Waals surface area contributed by atoms with Gasteiger partial charge in [0.05, 0.1) is 32.8 Å². The fourth-order valence-electron chi connectivity index (χ4n) is 9.64. The first-order chi connectivity index (χ1) is 51.7. The summed E-state index contributed by atoms with van der Waals surface area (Å²) < 4.78 is 68.4. The summed E-state index contributed by atoms with van der Waals surface area (Å²) in [4.78, 5) is 73.0. The van der Waals surface area contributed by atoms with Gasteiger partial charge in [0.2, 0.25) is 0 Å².